The van der Waals surface area contributed by atoms with Gasteiger partial charge in [-0.2, -0.15) is 0 Å². The first kappa shape index (κ1) is 24.2. The zero-order valence-corrected chi connectivity index (χ0v) is 20.5. The highest BCUT2D eigenvalue weighted by molar-refractivity contribution is 5.73. The van der Waals surface area contributed by atoms with Gasteiger partial charge < -0.3 is 14.8 Å². The third kappa shape index (κ3) is 4.67. The van der Waals surface area contributed by atoms with Crippen LogP contribution in [0, 0.1) is 5.92 Å². The van der Waals surface area contributed by atoms with Crippen molar-refractivity contribution in [2.24, 2.45) is 5.92 Å². The van der Waals surface area contributed by atoms with E-state index in [9.17, 15) is 0 Å². The topological polar surface area (TPSA) is 30.5 Å². The lowest BCUT2D eigenvalue weighted by molar-refractivity contribution is 0.284. The van der Waals surface area contributed by atoms with Crippen LogP contribution in [-0.4, -0.2) is 7.11 Å². The molecule has 2 unspecified atom stereocenters. The monoisotopic (exact) mass is 463 g/mol. The number of benzene rings is 2. The summed E-state index contributed by atoms with van der Waals surface area (Å²) in [5.41, 5.74) is 4.53. The van der Waals surface area contributed by atoms with Crippen molar-refractivity contribution in [2.75, 3.05) is 12.4 Å². The average Bonchev–Trinajstić information content (AvgIpc) is 2.96. The number of ether oxygens (including phenoxy) is 2. The maximum absolute atomic E-state index is 6.27. The molecular formula is C32H33NO2. The SMILES string of the molecule is C=C/C=C\C(C)C1(C2=C(OC)C=CCC2)C(=C)/C=C\C=C/Oc2cccc(Nc3ccccc3)c21. The van der Waals surface area contributed by atoms with E-state index in [0.29, 0.717) is 0 Å². The summed E-state index contributed by atoms with van der Waals surface area (Å²) < 4.78 is 12.2. The Labute approximate surface area is 209 Å². The van der Waals surface area contributed by atoms with E-state index >= 15 is 0 Å². The Hall–Kier alpha value is -3.98. The number of allylic oxidation sites excluding steroid dienone is 10. The Kier molecular flexibility index (Phi) is 7.57. The maximum Gasteiger partial charge on any atom is 0.133 e. The fourth-order valence-electron chi connectivity index (χ4n) is 5.19. The van der Waals surface area contributed by atoms with Gasteiger partial charge in [-0.1, -0.05) is 80.8 Å². The molecule has 2 aromatic rings. The number of anilines is 2. The van der Waals surface area contributed by atoms with Crippen molar-refractivity contribution in [3.8, 4) is 5.75 Å². The van der Waals surface area contributed by atoms with Crippen molar-refractivity contribution in [1.29, 1.82) is 0 Å². The van der Waals surface area contributed by atoms with Gasteiger partial charge in [0.05, 0.1) is 18.8 Å². The summed E-state index contributed by atoms with van der Waals surface area (Å²) in [5, 5.41) is 3.66. The van der Waals surface area contributed by atoms with Gasteiger partial charge in [-0.05, 0) is 66.3 Å². The minimum absolute atomic E-state index is 0.0171. The largest absolute Gasteiger partial charge is 0.497 e. The van der Waals surface area contributed by atoms with Gasteiger partial charge in [-0.3, -0.25) is 0 Å². The quantitative estimate of drug-likeness (QED) is 0.419. The van der Waals surface area contributed by atoms with Gasteiger partial charge in [-0.25, -0.2) is 0 Å². The van der Waals surface area contributed by atoms with Gasteiger partial charge in [0.15, 0.2) is 0 Å². The number of para-hydroxylation sites is 1. The molecule has 1 heterocycles. The van der Waals surface area contributed by atoms with Gasteiger partial charge in [0.25, 0.3) is 0 Å². The van der Waals surface area contributed by atoms with E-state index < -0.39 is 5.41 Å². The molecule has 1 aliphatic heterocycles. The highest BCUT2D eigenvalue weighted by atomic mass is 16.5. The molecule has 0 radical (unpaired) electrons. The van der Waals surface area contributed by atoms with Crippen LogP contribution in [-0.2, 0) is 10.2 Å². The normalized spacial score (nSPS) is 22.3. The van der Waals surface area contributed by atoms with Gasteiger partial charge in [0.1, 0.15) is 11.5 Å². The van der Waals surface area contributed by atoms with Crippen molar-refractivity contribution >= 4 is 11.4 Å². The second-order valence-corrected chi connectivity index (χ2v) is 8.71. The number of methoxy groups -OCH3 is 1. The summed E-state index contributed by atoms with van der Waals surface area (Å²) in [6, 6.07) is 16.4. The molecule has 2 atom stereocenters. The highest BCUT2D eigenvalue weighted by Gasteiger charge is 2.47. The van der Waals surface area contributed by atoms with Crippen LogP contribution < -0.4 is 10.1 Å². The molecule has 0 fully saturated rings. The molecule has 178 valence electrons. The van der Waals surface area contributed by atoms with Gasteiger partial charge in [0, 0.05) is 16.9 Å². The molecule has 0 spiro atoms. The van der Waals surface area contributed by atoms with Gasteiger partial charge in [-0.15, -0.1) is 0 Å². The van der Waals surface area contributed by atoms with E-state index in [1.807, 2.05) is 54.6 Å². The van der Waals surface area contributed by atoms with E-state index in [1.54, 1.807) is 13.4 Å². The highest BCUT2D eigenvalue weighted by Crippen LogP contribution is 2.55. The predicted molar refractivity (Wildman–Crippen MR) is 147 cm³/mol. The molecule has 2 aliphatic rings. The zero-order valence-electron chi connectivity index (χ0n) is 20.5. The lowest BCUT2D eigenvalue weighted by Crippen LogP contribution is -2.39. The van der Waals surface area contributed by atoms with Crippen LogP contribution in [0.1, 0.15) is 25.3 Å². The maximum atomic E-state index is 6.27. The second kappa shape index (κ2) is 11.0. The third-order valence-electron chi connectivity index (χ3n) is 6.70. The predicted octanol–water partition coefficient (Wildman–Crippen LogP) is 8.32. The Morgan fingerprint density at radius 3 is 2.69 bits per heavy atom. The Bertz CT molecular complexity index is 1230. The van der Waals surface area contributed by atoms with Crippen LogP contribution in [0.5, 0.6) is 5.75 Å². The Balaban J connectivity index is 2.11. The lowest BCUT2D eigenvalue weighted by Gasteiger charge is -2.44. The summed E-state index contributed by atoms with van der Waals surface area (Å²) in [6.45, 7) is 10.8. The molecule has 0 aromatic heterocycles. The molecule has 0 bridgehead atoms. The fourth-order valence-corrected chi connectivity index (χ4v) is 5.19. The van der Waals surface area contributed by atoms with Crippen molar-refractivity contribution in [1.82, 2.24) is 0 Å². The number of rotatable bonds is 7. The average molecular weight is 464 g/mol. The minimum Gasteiger partial charge on any atom is -0.497 e. The first-order chi connectivity index (χ1) is 17.1. The first-order valence-corrected chi connectivity index (χ1v) is 12.0. The molecule has 4 rings (SSSR count). The molecule has 3 nitrogen and oxygen atoms in total. The summed E-state index contributed by atoms with van der Waals surface area (Å²) in [7, 11) is 1.74. The second-order valence-electron chi connectivity index (χ2n) is 8.71. The Morgan fingerprint density at radius 1 is 1.09 bits per heavy atom. The zero-order chi connectivity index (χ0) is 24.7. The van der Waals surface area contributed by atoms with Gasteiger partial charge >= 0.3 is 0 Å². The number of hydrogen-bond acceptors (Lipinski definition) is 3. The first-order valence-electron chi connectivity index (χ1n) is 12.0. The molecule has 0 saturated heterocycles. The molecule has 0 saturated carbocycles. The number of hydrogen-bond donors (Lipinski definition) is 1. The summed E-state index contributed by atoms with van der Waals surface area (Å²) in [5.74, 6) is 1.67. The molecule has 35 heavy (non-hydrogen) atoms. The molecule has 3 heteroatoms. The van der Waals surface area contributed by atoms with E-state index in [4.69, 9.17) is 9.47 Å². The Morgan fingerprint density at radius 2 is 1.91 bits per heavy atom. The van der Waals surface area contributed by atoms with Crippen LogP contribution in [0.15, 0.2) is 133 Å². The smallest absolute Gasteiger partial charge is 0.133 e. The summed E-state index contributed by atoms with van der Waals surface area (Å²) >= 11 is 0. The number of nitrogens with one attached hydrogen (secondary N) is 1. The molecule has 2 aromatic carbocycles. The van der Waals surface area contributed by atoms with Crippen molar-refractivity contribution in [3.63, 3.8) is 0 Å². The van der Waals surface area contributed by atoms with Crippen LogP contribution in [0.2, 0.25) is 0 Å². The molecule has 0 amide bonds. The molecule has 1 aliphatic carbocycles. The standard InChI is InChI=1S/C32H33NO2/c1-5-6-15-24(2)32(27-19-10-11-21-29(27)34-4)25(3)16-12-13-23-35-30-22-14-20-28(31(30)32)33-26-17-8-7-9-18-26/h5-9,11-18,20-24,33H,1,3,10,19H2,2,4H3/b15-6-,16-12-,23-13-. The van der Waals surface area contributed by atoms with Crippen molar-refractivity contribution in [2.45, 2.75) is 25.2 Å². The number of fused-ring (bicyclic) bond motifs is 1. The van der Waals surface area contributed by atoms with Crippen LogP contribution in [0.3, 0.4) is 0 Å². The fraction of sp³-hybridized carbons (Fsp3) is 0.188. The van der Waals surface area contributed by atoms with E-state index in [1.165, 1.54) is 5.57 Å². The summed E-state index contributed by atoms with van der Waals surface area (Å²) in [4.78, 5) is 0. The third-order valence-corrected chi connectivity index (χ3v) is 6.70. The molecule has 1 N–H and O–H groups in total. The van der Waals surface area contributed by atoms with E-state index in [-0.39, 0.29) is 5.92 Å². The lowest BCUT2D eigenvalue weighted by atomic mass is 9.59. The van der Waals surface area contributed by atoms with E-state index in [2.05, 4.69) is 67.9 Å². The van der Waals surface area contributed by atoms with Crippen molar-refractivity contribution in [3.05, 3.63) is 139 Å². The van der Waals surface area contributed by atoms with Crippen LogP contribution in [0.4, 0.5) is 11.4 Å². The minimum atomic E-state index is -0.633. The van der Waals surface area contributed by atoms with Crippen LogP contribution >= 0.6 is 0 Å². The summed E-state index contributed by atoms with van der Waals surface area (Å²) in [6.07, 6.45) is 19.8. The van der Waals surface area contributed by atoms with E-state index in [0.717, 1.165) is 46.9 Å². The van der Waals surface area contributed by atoms with Crippen LogP contribution in [0.25, 0.3) is 0 Å². The van der Waals surface area contributed by atoms with Gasteiger partial charge in [0.2, 0.25) is 0 Å². The van der Waals surface area contributed by atoms with Crippen molar-refractivity contribution < 1.29 is 9.47 Å². The molecular weight excluding hydrogens is 430 g/mol.